The van der Waals surface area contributed by atoms with Crippen LogP contribution in [0.3, 0.4) is 0 Å². The lowest BCUT2D eigenvalue weighted by atomic mass is 10.1. The lowest BCUT2D eigenvalue weighted by Crippen LogP contribution is -2.53. The molecule has 3 aromatic rings. The number of rotatable bonds is 12. The van der Waals surface area contributed by atoms with E-state index in [-0.39, 0.29) is 17.3 Å². The van der Waals surface area contributed by atoms with Crippen LogP contribution in [0, 0.1) is 13.8 Å². The minimum absolute atomic E-state index is 0.103. The summed E-state index contributed by atoms with van der Waals surface area (Å²) >= 11 is 0. The first-order chi connectivity index (χ1) is 18.2. The second-order valence-corrected chi connectivity index (χ2v) is 11.1. The first-order valence-electron chi connectivity index (χ1n) is 12.9. The number of amides is 2. The van der Waals surface area contributed by atoms with Crippen molar-refractivity contribution in [3.63, 3.8) is 0 Å². The molecule has 202 valence electrons. The molecule has 0 aromatic heterocycles. The van der Waals surface area contributed by atoms with Crippen LogP contribution >= 0.6 is 0 Å². The summed E-state index contributed by atoms with van der Waals surface area (Å²) < 4.78 is 28.9. The summed E-state index contributed by atoms with van der Waals surface area (Å²) in [5.41, 5.74) is 3.11. The number of aryl methyl sites for hydroxylation is 2. The summed E-state index contributed by atoms with van der Waals surface area (Å²) in [5, 5.41) is 2.82. The summed E-state index contributed by atoms with van der Waals surface area (Å²) in [5.74, 6) is -0.682. The molecular formula is C30H37N3O4S. The lowest BCUT2D eigenvalue weighted by molar-refractivity contribution is -0.139. The maximum absolute atomic E-state index is 13.9. The molecule has 3 aromatic carbocycles. The number of hydrogen-bond donors (Lipinski definition) is 1. The van der Waals surface area contributed by atoms with Crippen molar-refractivity contribution < 1.29 is 18.0 Å². The standard InChI is InChI=1S/C30H37N3O4S/c1-5-27(30(35)31-6-2)32(21-20-25-13-8-7-9-14-25)29(34)22-33(28-15-11-10-12-24(28)4)38(36,37)26-18-16-23(3)17-19-26/h7-19,27H,5-6,20-22H2,1-4H3,(H,31,35). The topological polar surface area (TPSA) is 86.8 Å². The Morgan fingerprint density at radius 2 is 1.50 bits per heavy atom. The van der Waals surface area contributed by atoms with Gasteiger partial charge in [-0.05, 0) is 62.9 Å². The van der Waals surface area contributed by atoms with Gasteiger partial charge in [0.05, 0.1) is 10.6 Å². The second-order valence-electron chi connectivity index (χ2n) is 9.25. The third-order valence-corrected chi connectivity index (χ3v) is 8.27. The van der Waals surface area contributed by atoms with Crippen LogP contribution in [-0.4, -0.2) is 50.8 Å². The maximum Gasteiger partial charge on any atom is 0.264 e. The highest BCUT2D eigenvalue weighted by molar-refractivity contribution is 7.92. The first kappa shape index (κ1) is 28.9. The highest BCUT2D eigenvalue weighted by Gasteiger charge is 2.33. The van der Waals surface area contributed by atoms with Gasteiger partial charge < -0.3 is 10.2 Å². The van der Waals surface area contributed by atoms with Crippen molar-refractivity contribution in [2.24, 2.45) is 0 Å². The Kier molecular flexibility index (Phi) is 10.1. The van der Waals surface area contributed by atoms with Crippen LogP contribution in [0.15, 0.2) is 83.8 Å². The van der Waals surface area contributed by atoms with Crippen molar-refractivity contribution in [1.29, 1.82) is 0 Å². The molecular weight excluding hydrogens is 498 g/mol. The number of carbonyl (C=O) groups excluding carboxylic acids is 2. The van der Waals surface area contributed by atoms with E-state index in [1.165, 1.54) is 4.90 Å². The molecule has 0 spiro atoms. The molecule has 1 unspecified atom stereocenters. The predicted molar refractivity (Wildman–Crippen MR) is 152 cm³/mol. The SMILES string of the molecule is CCNC(=O)C(CC)N(CCc1ccccc1)C(=O)CN(c1ccccc1C)S(=O)(=O)c1ccc(C)cc1. The first-order valence-corrected chi connectivity index (χ1v) is 14.4. The molecule has 0 saturated carbocycles. The number of carbonyl (C=O) groups is 2. The summed E-state index contributed by atoms with van der Waals surface area (Å²) in [4.78, 5) is 28.5. The molecule has 2 amide bonds. The smallest absolute Gasteiger partial charge is 0.264 e. The van der Waals surface area contributed by atoms with E-state index < -0.39 is 28.5 Å². The third kappa shape index (κ3) is 7.01. The fraction of sp³-hybridized carbons (Fsp3) is 0.333. The molecule has 0 fully saturated rings. The van der Waals surface area contributed by atoms with Crippen molar-refractivity contribution in [1.82, 2.24) is 10.2 Å². The lowest BCUT2D eigenvalue weighted by Gasteiger charge is -2.33. The monoisotopic (exact) mass is 535 g/mol. The molecule has 38 heavy (non-hydrogen) atoms. The van der Waals surface area contributed by atoms with Gasteiger partial charge in [-0.15, -0.1) is 0 Å². The van der Waals surface area contributed by atoms with Crippen LogP contribution < -0.4 is 9.62 Å². The number of anilines is 1. The third-order valence-electron chi connectivity index (χ3n) is 6.49. The van der Waals surface area contributed by atoms with Crippen LogP contribution in [-0.2, 0) is 26.0 Å². The zero-order valence-electron chi connectivity index (χ0n) is 22.6. The Bertz CT molecular complexity index is 1330. The summed E-state index contributed by atoms with van der Waals surface area (Å²) in [6.07, 6.45) is 0.943. The highest BCUT2D eigenvalue weighted by Crippen LogP contribution is 2.27. The molecule has 0 saturated heterocycles. The van der Waals surface area contributed by atoms with E-state index in [9.17, 15) is 18.0 Å². The number of hydrogen-bond acceptors (Lipinski definition) is 4. The molecule has 1 atom stereocenters. The van der Waals surface area contributed by atoms with E-state index in [1.54, 1.807) is 36.4 Å². The summed E-state index contributed by atoms with van der Waals surface area (Å²) in [7, 11) is -4.07. The Morgan fingerprint density at radius 1 is 0.868 bits per heavy atom. The number of sulfonamides is 1. The minimum Gasteiger partial charge on any atom is -0.355 e. The van der Waals surface area contributed by atoms with Crippen molar-refractivity contribution in [2.45, 2.75) is 51.5 Å². The molecule has 0 aliphatic rings. The minimum atomic E-state index is -4.07. The predicted octanol–water partition coefficient (Wildman–Crippen LogP) is 4.48. The van der Waals surface area contributed by atoms with Gasteiger partial charge in [0.1, 0.15) is 12.6 Å². The van der Waals surface area contributed by atoms with E-state index in [4.69, 9.17) is 0 Å². The van der Waals surface area contributed by atoms with Crippen molar-refractivity contribution in [3.8, 4) is 0 Å². The van der Waals surface area contributed by atoms with Gasteiger partial charge in [0.15, 0.2) is 0 Å². The van der Waals surface area contributed by atoms with Gasteiger partial charge in [-0.25, -0.2) is 8.42 Å². The molecule has 0 aliphatic heterocycles. The average molecular weight is 536 g/mol. The normalized spacial score (nSPS) is 12.0. The molecule has 0 bridgehead atoms. The Hall–Kier alpha value is -3.65. The number of likely N-dealkylation sites (N-methyl/N-ethyl adjacent to an activating group) is 1. The van der Waals surface area contributed by atoms with E-state index in [1.807, 2.05) is 70.2 Å². The fourth-order valence-electron chi connectivity index (χ4n) is 4.38. The molecule has 1 N–H and O–H groups in total. The van der Waals surface area contributed by atoms with Gasteiger partial charge in [-0.3, -0.25) is 13.9 Å². The molecule has 0 heterocycles. The van der Waals surface area contributed by atoms with Crippen molar-refractivity contribution in [3.05, 3.63) is 95.6 Å². The number of para-hydroxylation sites is 1. The fourth-order valence-corrected chi connectivity index (χ4v) is 5.86. The van der Waals surface area contributed by atoms with Crippen LogP contribution in [0.1, 0.15) is 37.0 Å². The van der Waals surface area contributed by atoms with Gasteiger partial charge in [0, 0.05) is 13.1 Å². The van der Waals surface area contributed by atoms with Crippen LogP contribution in [0.2, 0.25) is 0 Å². The van der Waals surface area contributed by atoms with E-state index in [0.29, 0.717) is 25.1 Å². The van der Waals surface area contributed by atoms with E-state index in [0.717, 1.165) is 21.0 Å². The van der Waals surface area contributed by atoms with Crippen LogP contribution in [0.5, 0.6) is 0 Å². The van der Waals surface area contributed by atoms with Gasteiger partial charge in [-0.2, -0.15) is 0 Å². The van der Waals surface area contributed by atoms with Crippen LogP contribution in [0.25, 0.3) is 0 Å². The Balaban J connectivity index is 2.01. The largest absolute Gasteiger partial charge is 0.355 e. The molecule has 0 aliphatic carbocycles. The maximum atomic E-state index is 13.9. The summed E-state index contributed by atoms with van der Waals surface area (Å²) in [6.45, 7) is 7.67. The number of benzene rings is 3. The van der Waals surface area contributed by atoms with Gasteiger partial charge >= 0.3 is 0 Å². The second kappa shape index (κ2) is 13.2. The van der Waals surface area contributed by atoms with E-state index >= 15 is 0 Å². The van der Waals surface area contributed by atoms with Crippen LogP contribution in [0.4, 0.5) is 5.69 Å². The molecule has 7 nitrogen and oxygen atoms in total. The van der Waals surface area contributed by atoms with E-state index in [2.05, 4.69) is 5.32 Å². The molecule has 8 heteroatoms. The van der Waals surface area contributed by atoms with Crippen molar-refractivity contribution in [2.75, 3.05) is 23.9 Å². The number of nitrogens with zero attached hydrogens (tertiary/aromatic N) is 2. The summed E-state index contributed by atoms with van der Waals surface area (Å²) in [6, 6.07) is 22.7. The van der Waals surface area contributed by atoms with Gasteiger partial charge in [0.2, 0.25) is 11.8 Å². The zero-order valence-corrected chi connectivity index (χ0v) is 23.4. The number of nitrogens with one attached hydrogen (secondary N) is 1. The van der Waals surface area contributed by atoms with Gasteiger partial charge in [0.25, 0.3) is 10.0 Å². The Morgan fingerprint density at radius 3 is 2.11 bits per heavy atom. The molecule has 0 radical (unpaired) electrons. The quantitative estimate of drug-likeness (QED) is 0.370. The zero-order chi connectivity index (χ0) is 27.7. The average Bonchev–Trinajstić information content (AvgIpc) is 2.91. The highest BCUT2D eigenvalue weighted by atomic mass is 32.2. The van der Waals surface area contributed by atoms with Gasteiger partial charge in [-0.1, -0.05) is 73.2 Å². The Labute approximate surface area is 226 Å². The molecule has 3 rings (SSSR count). The van der Waals surface area contributed by atoms with Crippen molar-refractivity contribution >= 4 is 27.5 Å².